The molecule has 1 atom stereocenters. The third kappa shape index (κ3) is 4.53. The van der Waals surface area contributed by atoms with Gasteiger partial charge in [0.25, 0.3) is 0 Å². The van der Waals surface area contributed by atoms with Gasteiger partial charge in [0.1, 0.15) is 0 Å². The fourth-order valence-corrected chi connectivity index (χ4v) is 3.01. The van der Waals surface area contributed by atoms with E-state index in [1.807, 2.05) is 22.7 Å². The molecule has 0 aromatic carbocycles. The smallest absolute Gasteiger partial charge is 0.224 e. The molecule has 1 aliphatic carbocycles. The summed E-state index contributed by atoms with van der Waals surface area (Å²) in [6.45, 7) is 5.47. The minimum absolute atomic E-state index is 0. The molecule has 1 amide bonds. The van der Waals surface area contributed by atoms with Crippen molar-refractivity contribution in [1.29, 1.82) is 0 Å². The number of rotatable bonds is 5. The van der Waals surface area contributed by atoms with Crippen molar-refractivity contribution >= 4 is 30.1 Å². The Kier molecular flexibility index (Phi) is 6.38. The molecule has 2 rings (SSSR count). The van der Waals surface area contributed by atoms with Crippen LogP contribution in [0.1, 0.15) is 19.3 Å². The van der Waals surface area contributed by atoms with E-state index in [4.69, 9.17) is 0 Å². The van der Waals surface area contributed by atoms with Crippen LogP contribution in [0.4, 0.5) is 0 Å². The Morgan fingerprint density at radius 3 is 2.82 bits per heavy atom. The van der Waals surface area contributed by atoms with Gasteiger partial charge in [-0.3, -0.25) is 4.79 Å². The number of amides is 1. The van der Waals surface area contributed by atoms with Gasteiger partial charge in [-0.05, 0) is 12.8 Å². The second-order valence-electron chi connectivity index (χ2n) is 4.50. The maximum atomic E-state index is 12.1. The Balaban J connectivity index is 0.00000144. The monoisotopic (exact) mass is 276 g/mol. The summed E-state index contributed by atoms with van der Waals surface area (Å²) in [6.07, 6.45) is 4.83. The first-order chi connectivity index (χ1) is 7.81. The Labute approximate surface area is 114 Å². The first kappa shape index (κ1) is 14.9. The van der Waals surface area contributed by atoms with Gasteiger partial charge >= 0.3 is 0 Å². The van der Waals surface area contributed by atoms with Crippen LogP contribution < -0.4 is 5.32 Å². The van der Waals surface area contributed by atoms with Gasteiger partial charge in [-0.1, -0.05) is 6.08 Å². The standard InChI is InChI=1S/C12H20N2OS.ClH/c1-2-6-14(11-3-4-11)12(15)8-10-9-16-7-5-13-10;/h2,10-11,13H,1,3-9H2;1H. The molecule has 3 nitrogen and oxygen atoms in total. The molecule has 17 heavy (non-hydrogen) atoms. The van der Waals surface area contributed by atoms with E-state index < -0.39 is 0 Å². The molecule has 1 heterocycles. The summed E-state index contributed by atoms with van der Waals surface area (Å²) < 4.78 is 0. The van der Waals surface area contributed by atoms with Gasteiger partial charge in [0.05, 0.1) is 0 Å². The number of nitrogens with one attached hydrogen (secondary N) is 1. The molecule has 0 bridgehead atoms. The quantitative estimate of drug-likeness (QED) is 0.776. The van der Waals surface area contributed by atoms with Gasteiger partial charge in [-0.15, -0.1) is 19.0 Å². The Hall–Kier alpha value is -0.190. The highest BCUT2D eigenvalue weighted by molar-refractivity contribution is 7.99. The fourth-order valence-electron chi connectivity index (χ4n) is 2.06. The highest BCUT2D eigenvalue weighted by Gasteiger charge is 2.32. The van der Waals surface area contributed by atoms with Crippen LogP contribution in [0.3, 0.4) is 0 Å². The van der Waals surface area contributed by atoms with Gasteiger partial charge in [0.2, 0.25) is 5.91 Å². The third-order valence-electron chi connectivity index (χ3n) is 3.05. The second-order valence-corrected chi connectivity index (χ2v) is 5.65. The van der Waals surface area contributed by atoms with Crippen molar-refractivity contribution in [2.45, 2.75) is 31.3 Å². The molecule has 98 valence electrons. The Morgan fingerprint density at radius 1 is 1.53 bits per heavy atom. The summed E-state index contributed by atoms with van der Waals surface area (Å²) in [5.41, 5.74) is 0. The lowest BCUT2D eigenvalue weighted by molar-refractivity contribution is -0.131. The summed E-state index contributed by atoms with van der Waals surface area (Å²) >= 11 is 1.94. The Morgan fingerprint density at radius 2 is 2.29 bits per heavy atom. The Bertz CT molecular complexity index is 265. The zero-order chi connectivity index (χ0) is 11.4. The van der Waals surface area contributed by atoms with Gasteiger partial charge < -0.3 is 10.2 Å². The number of carbonyl (C=O) groups is 1. The van der Waals surface area contributed by atoms with Crippen molar-refractivity contribution in [3.8, 4) is 0 Å². The zero-order valence-corrected chi connectivity index (χ0v) is 11.7. The molecule has 0 spiro atoms. The predicted octanol–water partition coefficient (Wildman–Crippen LogP) is 1.68. The van der Waals surface area contributed by atoms with Crippen molar-refractivity contribution in [2.75, 3.05) is 24.6 Å². The van der Waals surface area contributed by atoms with Crippen molar-refractivity contribution in [2.24, 2.45) is 0 Å². The maximum Gasteiger partial charge on any atom is 0.224 e. The van der Waals surface area contributed by atoms with Gasteiger partial charge in [0.15, 0.2) is 0 Å². The molecule has 2 fully saturated rings. The summed E-state index contributed by atoms with van der Waals surface area (Å²) in [4.78, 5) is 14.1. The summed E-state index contributed by atoms with van der Waals surface area (Å²) in [6, 6.07) is 0.874. The van der Waals surface area contributed by atoms with Crippen LogP contribution in [0, 0.1) is 0 Å². The molecule has 0 aromatic heterocycles. The van der Waals surface area contributed by atoms with E-state index in [-0.39, 0.29) is 12.4 Å². The molecule has 2 aliphatic rings. The highest BCUT2D eigenvalue weighted by Crippen LogP contribution is 2.27. The number of nitrogens with zero attached hydrogens (tertiary/aromatic N) is 1. The molecule has 0 radical (unpaired) electrons. The van der Waals surface area contributed by atoms with Gasteiger partial charge in [-0.2, -0.15) is 11.8 Å². The number of carbonyl (C=O) groups excluding carboxylic acids is 1. The summed E-state index contributed by atoms with van der Waals surface area (Å²) in [7, 11) is 0. The maximum absolute atomic E-state index is 12.1. The van der Waals surface area contributed by atoms with Crippen LogP contribution in [-0.4, -0.2) is 47.5 Å². The number of thioether (sulfide) groups is 1. The molecule has 1 aliphatic heterocycles. The van der Waals surface area contributed by atoms with Crippen LogP contribution in [0.5, 0.6) is 0 Å². The lowest BCUT2D eigenvalue weighted by Crippen LogP contribution is -2.43. The first-order valence-electron chi connectivity index (χ1n) is 6.02. The third-order valence-corrected chi connectivity index (χ3v) is 4.18. The molecule has 1 unspecified atom stereocenters. The van der Waals surface area contributed by atoms with Gasteiger partial charge in [0, 0.05) is 43.1 Å². The number of hydrogen-bond acceptors (Lipinski definition) is 3. The van der Waals surface area contributed by atoms with Crippen molar-refractivity contribution in [3.63, 3.8) is 0 Å². The van der Waals surface area contributed by atoms with Crippen LogP contribution in [0.2, 0.25) is 0 Å². The van der Waals surface area contributed by atoms with E-state index in [0.29, 0.717) is 31.0 Å². The largest absolute Gasteiger partial charge is 0.336 e. The van der Waals surface area contributed by atoms with E-state index in [1.165, 1.54) is 18.6 Å². The first-order valence-corrected chi connectivity index (χ1v) is 7.18. The molecular weight excluding hydrogens is 256 g/mol. The average Bonchev–Trinajstić information content (AvgIpc) is 3.11. The molecule has 5 heteroatoms. The molecule has 1 N–H and O–H groups in total. The van der Waals surface area contributed by atoms with Crippen LogP contribution >= 0.6 is 24.2 Å². The van der Waals surface area contributed by atoms with Crippen molar-refractivity contribution < 1.29 is 4.79 Å². The summed E-state index contributed by atoms with van der Waals surface area (Å²) in [5.74, 6) is 2.53. The topological polar surface area (TPSA) is 32.3 Å². The minimum Gasteiger partial charge on any atom is -0.336 e. The average molecular weight is 277 g/mol. The minimum atomic E-state index is 0. The van der Waals surface area contributed by atoms with Crippen LogP contribution in [-0.2, 0) is 4.79 Å². The van der Waals surface area contributed by atoms with Crippen molar-refractivity contribution in [1.82, 2.24) is 10.2 Å². The normalized spacial score (nSPS) is 23.6. The van der Waals surface area contributed by atoms with E-state index in [9.17, 15) is 4.79 Å². The fraction of sp³-hybridized carbons (Fsp3) is 0.750. The van der Waals surface area contributed by atoms with E-state index in [1.54, 1.807) is 0 Å². The van der Waals surface area contributed by atoms with E-state index >= 15 is 0 Å². The predicted molar refractivity (Wildman–Crippen MR) is 75.9 cm³/mol. The highest BCUT2D eigenvalue weighted by atomic mass is 35.5. The number of hydrogen-bond donors (Lipinski definition) is 1. The van der Waals surface area contributed by atoms with E-state index in [2.05, 4.69) is 11.9 Å². The van der Waals surface area contributed by atoms with E-state index in [0.717, 1.165) is 12.3 Å². The summed E-state index contributed by atoms with van der Waals surface area (Å²) in [5, 5.41) is 3.41. The zero-order valence-electron chi connectivity index (χ0n) is 10.1. The number of halogens is 1. The van der Waals surface area contributed by atoms with Crippen molar-refractivity contribution in [3.05, 3.63) is 12.7 Å². The van der Waals surface area contributed by atoms with Crippen LogP contribution in [0.25, 0.3) is 0 Å². The molecule has 1 saturated carbocycles. The molecular formula is C12H21ClN2OS. The lowest BCUT2D eigenvalue weighted by Gasteiger charge is -2.26. The van der Waals surface area contributed by atoms with Gasteiger partial charge in [-0.25, -0.2) is 0 Å². The lowest BCUT2D eigenvalue weighted by atomic mass is 10.2. The SMILES string of the molecule is C=CCN(C(=O)CC1CSCCN1)C1CC1.Cl. The molecule has 1 saturated heterocycles. The van der Waals surface area contributed by atoms with Crippen LogP contribution in [0.15, 0.2) is 12.7 Å². The second kappa shape index (κ2) is 7.29. The molecule has 0 aromatic rings.